The molecule has 0 radical (unpaired) electrons. The van der Waals surface area contributed by atoms with Gasteiger partial charge in [-0.3, -0.25) is 5.10 Å². The zero-order chi connectivity index (χ0) is 18.3. The lowest BCUT2D eigenvalue weighted by atomic mass is 9.94. The molecule has 134 valence electrons. The SMILES string of the molecule is COc1ccccc1C1c2c(C(C)C)n[nH]c2CN1c1ccc(Br)cc1. The average molecular weight is 412 g/mol. The van der Waals surface area contributed by atoms with E-state index in [1.165, 1.54) is 22.5 Å². The number of methoxy groups -OCH3 is 1. The van der Waals surface area contributed by atoms with Crippen molar-refractivity contribution in [2.24, 2.45) is 0 Å². The normalized spacial score (nSPS) is 16.2. The number of H-pyrrole nitrogens is 1. The van der Waals surface area contributed by atoms with E-state index in [1.807, 2.05) is 12.1 Å². The van der Waals surface area contributed by atoms with Crippen LogP contribution in [-0.4, -0.2) is 17.3 Å². The van der Waals surface area contributed by atoms with Gasteiger partial charge in [0, 0.05) is 21.3 Å². The molecular weight excluding hydrogens is 390 g/mol. The molecule has 0 saturated carbocycles. The molecule has 4 nitrogen and oxygen atoms in total. The van der Waals surface area contributed by atoms with Crippen LogP contribution in [0.15, 0.2) is 53.0 Å². The first-order valence-electron chi connectivity index (χ1n) is 8.82. The summed E-state index contributed by atoms with van der Waals surface area (Å²) in [5.74, 6) is 1.26. The van der Waals surface area contributed by atoms with Gasteiger partial charge in [-0.05, 0) is 36.2 Å². The predicted octanol–water partition coefficient (Wildman–Crippen LogP) is 5.41. The molecule has 1 atom stereocenters. The highest BCUT2D eigenvalue weighted by molar-refractivity contribution is 9.10. The summed E-state index contributed by atoms with van der Waals surface area (Å²) in [7, 11) is 1.73. The molecule has 26 heavy (non-hydrogen) atoms. The third-order valence-electron chi connectivity index (χ3n) is 4.96. The standard InChI is InChI=1S/C21H22BrN3O/c1-13(2)20-19-17(23-24-20)12-25(15-10-8-14(22)9-11-15)21(19)16-6-4-5-7-18(16)26-3/h4-11,13,21H,12H2,1-3H3,(H,23,24). The van der Waals surface area contributed by atoms with Gasteiger partial charge in [-0.1, -0.05) is 48.0 Å². The minimum absolute atomic E-state index is 0.0819. The molecule has 5 heteroatoms. The highest BCUT2D eigenvalue weighted by Crippen LogP contribution is 2.46. The molecule has 2 aromatic carbocycles. The summed E-state index contributed by atoms with van der Waals surface area (Å²) in [6, 6.07) is 16.8. The molecule has 0 amide bonds. The molecule has 0 aliphatic carbocycles. The second-order valence-corrected chi connectivity index (χ2v) is 7.82. The Morgan fingerprint density at radius 3 is 2.58 bits per heavy atom. The van der Waals surface area contributed by atoms with Crippen LogP contribution in [0.2, 0.25) is 0 Å². The van der Waals surface area contributed by atoms with Crippen LogP contribution < -0.4 is 9.64 Å². The number of benzene rings is 2. The Morgan fingerprint density at radius 1 is 1.15 bits per heavy atom. The number of hydrogen-bond acceptors (Lipinski definition) is 3. The fourth-order valence-electron chi connectivity index (χ4n) is 3.77. The van der Waals surface area contributed by atoms with Gasteiger partial charge >= 0.3 is 0 Å². The number of aromatic amines is 1. The van der Waals surface area contributed by atoms with Crippen molar-refractivity contribution in [2.75, 3.05) is 12.0 Å². The summed E-state index contributed by atoms with van der Waals surface area (Å²) >= 11 is 3.53. The number of hydrogen-bond donors (Lipinski definition) is 1. The van der Waals surface area contributed by atoms with Gasteiger partial charge in [-0.2, -0.15) is 5.10 Å². The fraction of sp³-hybridized carbons (Fsp3) is 0.286. The molecule has 3 aromatic rings. The van der Waals surface area contributed by atoms with Crippen LogP contribution in [0, 0.1) is 0 Å². The second kappa shape index (κ2) is 6.80. The van der Waals surface area contributed by atoms with Crippen molar-refractivity contribution in [3.05, 3.63) is 75.5 Å². The van der Waals surface area contributed by atoms with Crippen LogP contribution in [0.1, 0.15) is 48.3 Å². The Kier molecular flexibility index (Phi) is 4.49. The maximum atomic E-state index is 5.69. The minimum Gasteiger partial charge on any atom is -0.496 e. The molecule has 1 aliphatic rings. The Hall–Kier alpha value is -2.27. The van der Waals surface area contributed by atoms with Crippen molar-refractivity contribution in [1.82, 2.24) is 10.2 Å². The highest BCUT2D eigenvalue weighted by Gasteiger charge is 2.38. The third kappa shape index (κ3) is 2.80. The van der Waals surface area contributed by atoms with E-state index in [9.17, 15) is 0 Å². The summed E-state index contributed by atoms with van der Waals surface area (Å²) in [4.78, 5) is 2.42. The quantitative estimate of drug-likeness (QED) is 0.623. The topological polar surface area (TPSA) is 41.1 Å². The molecule has 0 saturated heterocycles. The van der Waals surface area contributed by atoms with Crippen LogP contribution in [-0.2, 0) is 6.54 Å². The number of fused-ring (bicyclic) bond motifs is 1. The van der Waals surface area contributed by atoms with E-state index < -0.39 is 0 Å². The first-order chi connectivity index (χ1) is 12.6. The number of nitrogens with zero attached hydrogens (tertiary/aromatic N) is 2. The fourth-order valence-corrected chi connectivity index (χ4v) is 4.04. The predicted molar refractivity (Wildman–Crippen MR) is 108 cm³/mol. The molecule has 4 rings (SSSR count). The molecular formula is C21H22BrN3O. The summed E-state index contributed by atoms with van der Waals surface area (Å²) in [6.07, 6.45) is 0. The lowest BCUT2D eigenvalue weighted by molar-refractivity contribution is 0.407. The van der Waals surface area contributed by atoms with Gasteiger partial charge < -0.3 is 9.64 Å². The van der Waals surface area contributed by atoms with E-state index in [-0.39, 0.29) is 6.04 Å². The van der Waals surface area contributed by atoms with Crippen molar-refractivity contribution in [1.29, 1.82) is 0 Å². The molecule has 0 fully saturated rings. The van der Waals surface area contributed by atoms with Crippen LogP contribution in [0.4, 0.5) is 5.69 Å². The number of anilines is 1. The van der Waals surface area contributed by atoms with Gasteiger partial charge in [0.15, 0.2) is 0 Å². The van der Waals surface area contributed by atoms with Gasteiger partial charge in [-0.15, -0.1) is 0 Å². The third-order valence-corrected chi connectivity index (χ3v) is 5.49. The summed E-state index contributed by atoms with van der Waals surface area (Å²) < 4.78 is 6.77. The van der Waals surface area contributed by atoms with Gasteiger partial charge in [0.1, 0.15) is 5.75 Å². The lowest BCUT2D eigenvalue weighted by Gasteiger charge is -2.29. The Bertz CT molecular complexity index is 917. The van der Waals surface area contributed by atoms with Crippen LogP contribution >= 0.6 is 15.9 Å². The zero-order valence-electron chi connectivity index (χ0n) is 15.2. The zero-order valence-corrected chi connectivity index (χ0v) is 16.7. The van der Waals surface area contributed by atoms with Crippen molar-refractivity contribution in [3.63, 3.8) is 0 Å². The first-order valence-corrected chi connectivity index (χ1v) is 9.61. The van der Waals surface area contributed by atoms with Crippen molar-refractivity contribution in [3.8, 4) is 5.75 Å². The molecule has 1 N–H and O–H groups in total. The number of para-hydroxylation sites is 1. The van der Waals surface area contributed by atoms with Gasteiger partial charge in [0.25, 0.3) is 0 Å². The molecule has 0 spiro atoms. The molecule has 2 heterocycles. The Balaban J connectivity index is 1.89. The van der Waals surface area contributed by atoms with Crippen LogP contribution in [0.5, 0.6) is 5.75 Å². The van der Waals surface area contributed by atoms with E-state index in [0.717, 1.165) is 22.5 Å². The lowest BCUT2D eigenvalue weighted by Crippen LogP contribution is -2.24. The van der Waals surface area contributed by atoms with E-state index in [1.54, 1.807) is 7.11 Å². The van der Waals surface area contributed by atoms with Gasteiger partial charge in [0.2, 0.25) is 0 Å². The van der Waals surface area contributed by atoms with Gasteiger partial charge in [0.05, 0.1) is 31.1 Å². The summed E-state index contributed by atoms with van der Waals surface area (Å²) in [5, 5.41) is 7.88. The maximum Gasteiger partial charge on any atom is 0.124 e. The maximum absolute atomic E-state index is 5.69. The van der Waals surface area contributed by atoms with E-state index in [2.05, 4.69) is 81.3 Å². The summed E-state index contributed by atoms with van der Waals surface area (Å²) in [6.45, 7) is 5.19. The van der Waals surface area contributed by atoms with E-state index >= 15 is 0 Å². The van der Waals surface area contributed by atoms with Crippen molar-refractivity contribution in [2.45, 2.75) is 32.4 Å². The van der Waals surface area contributed by atoms with E-state index in [0.29, 0.717) is 5.92 Å². The van der Waals surface area contributed by atoms with E-state index in [4.69, 9.17) is 4.74 Å². The molecule has 1 unspecified atom stereocenters. The average Bonchev–Trinajstić information content (AvgIpc) is 3.21. The van der Waals surface area contributed by atoms with Crippen LogP contribution in [0.25, 0.3) is 0 Å². The van der Waals surface area contributed by atoms with Crippen molar-refractivity contribution < 1.29 is 4.74 Å². The highest BCUT2D eigenvalue weighted by atomic mass is 79.9. The van der Waals surface area contributed by atoms with Crippen molar-refractivity contribution >= 4 is 21.6 Å². The number of nitrogens with one attached hydrogen (secondary N) is 1. The Morgan fingerprint density at radius 2 is 1.88 bits per heavy atom. The Labute approximate surface area is 162 Å². The number of rotatable bonds is 4. The minimum atomic E-state index is 0.0819. The number of ether oxygens (including phenoxy) is 1. The number of halogens is 1. The second-order valence-electron chi connectivity index (χ2n) is 6.90. The van der Waals surface area contributed by atoms with Gasteiger partial charge in [-0.25, -0.2) is 0 Å². The monoisotopic (exact) mass is 411 g/mol. The summed E-state index contributed by atoms with van der Waals surface area (Å²) in [5.41, 5.74) is 5.96. The molecule has 1 aliphatic heterocycles. The number of aromatic nitrogens is 2. The first kappa shape index (κ1) is 17.2. The molecule has 0 bridgehead atoms. The smallest absolute Gasteiger partial charge is 0.124 e. The van der Waals surface area contributed by atoms with Crippen LogP contribution in [0.3, 0.4) is 0 Å². The molecule has 1 aromatic heterocycles. The largest absolute Gasteiger partial charge is 0.496 e.